The van der Waals surface area contributed by atoms with Crippen LogP contribution in [-0.4, -0.2) is 36.1 Å². The van der Waals surface area contributed by atoms with Crippen LogP contribution in [0.15, 0.2) is 30.3 Å². The first-order valence-electron chi connectivity index (χ1n) is 9.03. The molecular weight excluding hydrogens is 398 g/mol. The summed E-state index contributed by atoms with van der Waals surface area (Å²) in [5.74, 6) is -1.82. The van der Waals surface area contributed by atoms with Crippen molar-refractivity contribution in [2.45, 2.75) is 27.4 Å². The fourth-order valence-corrected chi connectivity index (χ4v) is 2.71. The molecule has 1 aromatic carbocycles. The second kappa shape index (κ2) is 10.5. The van der Waals surface area contributed by atoms with Crippen LogP contribution in [0.25, 0.3) is 6.08 Å². The predicted molar refractivity (Wildman–Crippen MR) is 108 cm³/mol. The van der Waals surface area contributed by atoms with Crippen molar-refractivity contribution in [2.75, 3.05) is 13.2 Å². The van der Waals surface area contributed by atoms with Gasteiger partial charge < -0.3 is 19.2 Å². The number of aromatic nitrogens is 1. The first-order chi connectivity index (χ1) is 13.9. The molecule has 2 aromatic rings. The molecule has 0 aliphatic rings. The summed E-state index contributed by atoms with van der Waals surface area (Å²) in [4.78, 5) is 39.3. The number of hydrogen-bond donors (Lipinski definition) is 1. The molecule has 1 N–H and O–H groups in total. The molecular formula is C21H22ClNO6. The van der Waals surface area contributed by atoms with E-state index in [1.54, 1.807) is 51.1 Å². The Morgan fingerprint density at radius 3 is 2.24 bits per heavy atom. The topological polar surface area (TPSA) is 94.7 Å². The molecule has 0 spiro atoms. The first-order valence-corrected chi connectivity index (χ1v) is 9.41. The number of aromatic amines is 1. The van der Waals surface area contributed by atoms with Crippen LogP contribution in [-0.2, 0) is 25.6 Å². The lowest BCUT2D eigenvalue weighted by Crippen LogP contribution is -2.10. The summed E-state index contributed by atoms with van der Waals surface area (Å²) in [5, 5.41) is 0.593. The molecule has 0 unspecified atom stereocenters. The first kappa shape index (κ1) is 22.2. The summed E-state index contributed by atoms with van der Waals surface area (Å²) in [7, 11) is 0. The van der Waals surface area contributed by atoms with E-state index in [2.05, 4.69) is 4.98 Å². The third-order valence-corrected chi connectivity index (χ3v) is 4.18. The number of nitrogens with one attached hydrogen (secondary N) is 1. The van der Waals surface area contributed by atoms with Crippen molar-refractivity contribution in [3.05, 3.63) is 63.4 Å². The summed E-state index contributed by atoms with van der Waals surface area (Å²) in [5.41, 5.74) is 1.70. The van der Waals surface area contributed by atoms with E-state index in [1.807, 2.05) is 0 Å². The minimum absolute atomic E-state index is 0.123. The van der Waals surface area contributed by atoms with Gasteiger partial charge in [0.25, 0.3) is 0 Å². The van der Waals surface area contributed by atoms with Crippen LogP contribution < -0.4 is 0 Å². The Bertz CT molecular complexity index is 914. The van der Waals surface area contributed by atoms with Crippen molar-refractivity contribution in [1.29, 1.82) is 0 Å². The summed E-state index contributed by atoms with van der Waals surface area (Å²) >= 11 is 5.82. The standard InChI is InChI=1S/C21H22ClNO6/c1-4-27-20(25)18-13(3)19(21(26)28-5-2)23-16(18)12-29-17(24)11-8-14-6-9-15(22)10-7-14/h6-11,23H,4-5,12H2,1-3H3. The molecule has 7 nitrogen and oxygen atoms in total. The third kappa shape index (κ3) is 5.96. The van der Waals surface area contributed by atoms with Crippen molar-refractivity contribution in [3.8, 4) is 0 Å². The van der Waals surface area contributed by atoms with E-state index >= 15 is 0 Å². The number of carbonyl (C=O) groups is 3. The quantitative estimate of drug-likeness (QED) is 0.393. The minimum atomic E-state index is -0.612. The van der Waals surface area contributed by atoms with Crippen molar-refractivity contribution < 1.29 is 28.6 Å². The molecule has 0 radical (unpaired) electrons. The summed E-state index contributed by atoms with van der Waals surface area (Å²) < 4.78 is 15.2. The molecule has 0 amide bonds. The molecule has 1 heterocycles. The van der Waals surface area contributed by atoms with E-state index in [9.17, 15) is 14.4 Å². The highest BCUT2D eigenvalue weighted by Crippen LogP contribution is 2.21. The number of benzene rings is 1. The van der Waals surface area contributed by atoms with Gasteiger partial charge in [-0.1, -0.05) is 23.7 Å². The number of hydrogen-bond acceptors (Lipinski definition) is 6. The van der Waals surface area contributed by atoms with E-state index in [0.29, 0.717) is 10.6 Å². The zero-order valence-electron chi connectivity index (χ0n) is 16.4. The average molecular weight is 420 g/mol. The van der Waals surface area contributed by atoms with Crippen molar-refractivity contribution in [2.24, 2.45) is 0 Å². The predicted octanol–water partition coefficient (Wildman–Crippen LogP) is 4.09. The van der Waals surface area contributed by atoms with Crippen LogP contribution in [0, 0.1) is 6.92 Å². The van der Waals surface area contributed by atoms with Gasteiger partial charge in [-0.25, -0.2) is 14.4 Å². The van der Waals surface area contributed by atoms with E-state index < -0.39 is 17.9 Å². The molecule has 8 heteroatoms. The number of rotatable bonds is 8. The zero-order chi connectivity index (χ0) is 21.4. The molecule has 0 aliphatic heterocycles. The summed E-state index contributed by atoms with van der Waals surface area (Å²) in [6.45, 7) is 5.07. The maximum Gasteiger partial charge on any atom is 0.355 e. The Morgan fingerprint density at radius 2 is 1.62 bits per heavy atom. The van der Waals surface area contributed by atoms with Gasteiger partial charge in [-0.3, -0.25) is 0 Å². The monoisotopic (exact) mass is 419 g/mol. The molecule has 0 aliphatic carbocycles. The lowest BCUT2D eigenvalue weighted by Gasteiger charge is -2.05. The van der Waals surface area contributed by atoms with Gasteiger partial charge in [0.2, 0.25) is 0 Å². The van der Waals surface area contributed by atoms with E-state index in [-0.39, 0.29) is 36.8 Å². The maximum atomic E-state index is 12.3. The lowest BCUT2D eigenvalue weighted by atomic mass is 10.1. The van der Waals surface area contributed by atoms with Gasteiger partial charge in [-0.15, -0.1) is 0 Å². The molecule has 0 saturated carbocycles. The van der Waals surface area contributed by atoms with Gasteiger partial charge in [0.1, 0.15) is 12.3 Å². The minimum Gasteiger partial charge on any atom is -0.462 e. The molecule has 0 atom stereocenters. The highest BCUT2D eigenvalue weighted by molar-refractivity contribution is 6.30. The van der Waals surface area contributed by atoms with Crippen LogP contribution >= 0.6 is 11.6 Å². The fraction of sp³-hybridized carbons (Fsp3) is 0.286. The Balaban J connectivity index is 2.16. The van der Waals surface area contributed by atoms with Crippen LogP contribution in [0.3, 0.4) is 0 Å². The molecule has 1 aromatic heterocycles. The van der Waals surface area contributed by atoms with E-state index in [0.717, 1.165) is 5.56 Å². The van der Waals surface area contributed by atoms with Gasteiger partial charge in [0, 0.05) is 11.1 Å². The van der Waals surface area contributed by atoms with E-state index in [4.69, 9.17) is 25.8 Å². The van der Waals surface area contributed by atoms with Crippen LogP contribution in [0.2, 0.25) is 5.02 Å². The molecule has 0 bridgehead atoms. The summed E-state index contributed by atoms with van der Waals surface area (Å²) in [6, 6.07) is 6.92. The SMILES string of the molecule is CCOC(=O)c1[nH]c(COC(=O)C=Cc2ccc(Cl)cc2)c(C(=O)OCC)c1C. The van der Waals surface area contributed by atoms with Crippen molar-refractivity contribution >= 4 is 35.6 Å². The van der Waals surface area contributed by atoms with Crippen molar-refractivity contribution in [3.63, 3.8) is 0 Å². The lowest BCUT2D eigenvalue weighted by molar-refractivity contribution is -0.139. The normalized spacial score (nSPS) is 10.8. The second-order valence-electron chi connectivity index (χ2n) is 5.91. The van der Waals surface area contributed by atoms with E-state index in [1.165, 1.54) is 6.08 Å². The smallest absolute Gasteiger partial charge is 0.355 e. The maximum absolute atomic E-state index is 12.3. The molecule has 2 rings (SSSR count). The van der Waals surface area contributed by atoms with Gasteiger partial charge in [0.15, 0.2) is 0 Å². The number of esters is 3. The number of H-pyrrole nitrogens is 1. The molecule has 154 valence electrons. The van der Waals surface area contributed by atoms with Gasteiger partial charge in [-0.05, 0) is 50.1 Å². The van der Waals surface area contributed by atoms with Crippen LogP contribution in [0.4, 0.5) is 0 Å². The van der Waals surface area contributed by atoms with Crippen LogP contribution in [0.1, 0.15) is 51.5 Å². The Morgan fingerprint density at radius 1 is 1.00 bits per heavy atom. The summed E-state index contributed by atoms with van der Waals surface area (Å²) in [6.07, 6.45) is 2.84. The Kier molecular flexibility index (Phi) is 8.03. The zero-order valence-corrected chi connectivity index (χ0v) is 17.2. The van der Waals surface area contributed by atoms with Gasteiger partial charge >= 0.3 is 17.9 Å². The van der Waals surface area contributed by atoms with Crippen LogP contribution in [0.5, 0.6) is 0 Å². The largest absolute Gasteiger partial charge is 0.462 e. The Labute approximate surface area is 173 Å². The molecule has 29 heavy (non-hydrogen) atoms. The van der Waals surface area contributed by atoms with Crippen molar-refractivity contribution in [1.82, 2.24) is 4.98 Å². The molecule has 0 fully saturated rings. The Hall–Kier alpha value is -3.06. The third-order valence-electron chi connectivity index (χ3n) is 3.93. The highest BCUT2D eigenvalue weighted by Gasteiger charge is 2.26. The number of ether oxygens (including phenoxy) is 3. The average Bonchev–Trinajstić information content (AvgIpc) is 3.02. The van der Waals surface area contributed by atoms with Gasteiger partial charge in [-0.2, -0.15) is 0 Å². The number of halogens is 1. The van der Waals surface area contributed by atoms with Gasteiger partial charge in [0.05, 0.1) is 24.5 Å². The fourth-order valence-electron chi connectivity index (χ4n) is 2.58. The molecule has 0 saturated heterocycles. The highest BCUT2D eigenvalue weighted by atomic mass is 35.5. The number of carbonyl (C=O) groups excluding carboxylic acids is 3. The second-order valence-corrected chi connectivity index (χ2v) is 6.35.